The van der Waals surface area contributed by atoms with Gasteiger partial charge in [-0.15, -0.1) is 0 Å². The molecule has 1 N–H and O–H groups in total. The van der Waals surface area contributed by atoms with Crippen molar-refractivity contribution in [2.75, 3.05) is 18.5 Å². The van der Waals surface area contributed by atoms with Crippen LogP contribution in [-0.4, -0.2) is 40.5 Å². The van der Waals surface area contributed by atoms with E-state index in [1.807, 2.05) is 0 Å². The van der Waals surface area contributed by atoms with Gasteiger partial charge in [-0.2, -0.15) is 0 Å². The molecule has 0 saturated carbocycles. The standard InChI is InChI=1S/C13H13ClN2O4S/c1-2-20-10(17)7-16-12(18)11(21-13(16)19)15-9-5-3-8(14)4-6-9/h3-6,11,15H,2,7H2,1H3/t11-/m1/s1. The number of esters is 1. The van der Waals surface area contributed by atoms with E-state index in [2.05, 4.69) is 5.32 Å². The Morgan fingerprint density at radius 2 is 2.05 bits per heavy atom. The Hall–Kier alpha value is -1.73. The molecule has 0 unspecified atom stereocenters. The van der Waals surface area contributed by atoms with E-state index in [1.54, 1.807) is 31.2 Å². The fourth-order valence-electron chi connectivity index (χ4n) is 1.71. The van der Waals surface area contributed by atoms with Crippen molar-refractivity contribution < 1.29 is 19.1 Å². The lowest BCUT2D eigenvalue weighted by molar-refractivity contribution is -0.146. The van der Waals surface area contributed by atoms with Crippen LogP contribution in [0.15, 0.2) is 24.3 Å². The maximum absolute atomic E-state index is 12.1. The van der Waals surface area contributed by atoms with Gasteiger partial charge in [-0.25, -0.2) is 0 Å². The van der Waals surface area contributed by atoms with Crippen molar-refractivity contribution in [1.82, 2.24) is 4.90 Å². The Labute approximate surface area is 130 Å². The molecule has 21 heavy (non-hydrogen) atoms. The van der Waals surface area contributed by atoms with E-state index >= 15 is 0 Å². The number of hydrogen-bond acceptors (Lipinski definition) is 6. The highest BCUT2D eigenvalue weighted by atomic mass is 35.5. The topological polar surface area (TPSA) is 75.7 Å². The fraction of sp³-hybridized carbons (Fsp3) is 0.308. The molecule has 1 aromatic rings. The lowest BCUT2D eigenvalue weighted by atomic mass is 10.3. The molecular formula is C13H13ClN2O4S. The van der Waals surface area contributed by atoms with E-state index < -0.39 is 22.5 Å². The molecule has 1 heterocycles. The number of thioether (sulfide) groups is 1. The quantitative estimate of drug-likeness (QED) is 0.836. The molecule has 8 heteroatoms. The van der Waals surface area contributed by atoms with Crippen molar-refractivity contribution in [1.29, 1.82) is 0 Å². The Balaban J connectivity index is 2.00. The Morgan fingerprint density at radius 1 is 1.38 bits per heavy atom. The first-order valence-electron chi connectivity index (χ1n) is 6.21. The largest absolute Gasteiger partial charge is 0.465 e. The van der Waals surface area contributed by atoms with Crippen LogP contribution in [0.3, 0.4) is 0 Å². The maximum Gasteiger partial charge on any atom is 0.326 e. The van der Waals surface area contributed by atoms with Crippen molar-refractivity contribution in [3.8, 4) is 0 Å². The predicted octanol–water partition coefficient (Wildman–Crippen LogP) is 2.34. The van der Waals surface area contributed by atoms with Gasteiger partial charge in [0.25, 0.3) is 11.1 Å². The fourth-order valence-corrected chi connectivity index (χ4v) is 2.75. The second-order valence-electron chi connectivity index (χ2n) is 4.14. The Bertz CT molecular complexity index is 564. The third-order valence-corrected chi connectivity index (χ3v) is 3.89. The first-order valence-corrected chi connectivity index (χ1v) is 7.46. The molecule has 6 nitrogen and oxygen atoms in total. The van der Waals surface area contributed by atoms with Crippen LogP contribution in [0.4, 0.5) is 10.5 Å². The molecule has 1 atom stereocenters. The summed E-state index contributed by atoms with van der Waals surface area (Å²) in [6.45, 7) is 1.50. The van der Waals surface area contributed by atoms with E-state index in [-0.39, 0.29) is 13.2 Å². The second kappa shape index (κ2) is 6.82. The van der Waals surface area contributed by atoms with Gasteiger partial charge in [-0.1, -0.05) is 11.6 Å². The monoisotopic (exact) mass is 328 g/mol. The van der Waals surface area contributed by atoms with Gasteiger partial charge in [0, 0.05) is 10.7 Å². The van der Waals surface area contributed by atoms with Crippen LogP contribution in [0.5, 0.6) is 0 Å². The number of ether oxygens (including phenoxy) is 1. The molecule has 1 fully saturated rings. The van der Waals surface area contributed by atoms with Crippen molar-refractivity contribution in [2.45, 2.75) is 12.3 Å². The lowest BCUT2D eigenvalue weighted by Gasteiger charge is -2.14. The summed E-state index contributed by atoms with van der Waals surface area (Å²) in [6, 6.07) is 6.75. The van der Waals surface area contributed by atoms with Gasteiger partial charge in [0.1, 0.15) is 6.54 Å². The minimum absolute atomic E-state index is 0.203. The van der Waals surface area contributed by atoms with Crippen LogP contribution in [0.25, 0.3) is 0 Å². The number of rotatable bonds is 5. The zero-order valence-corrected chi connectivity index (χ0v) is 12.7. The van der Waals surface area contributed by atoms with E-state index in [9.17, 15) is 14.4 Å². The minimum Gasteiger partial charge on any atom is -0.465 e. The van der Waals surface area contributed by atoms with Crippen molar-refractivity contribution in [2.24, 2.45) is 0 Å². The van der Waals surface area contributed by atoms with Crippen molar-refractivity contribution in [3.05, 3.63) is 29.3 Å². The molecule has 1 aliphatic heterocycles. The number of nitrogens with one attached hydrogen (secondary N) is 1. The summed E-state index contributed by atoms with van der Waals surface area (Å²) in [4.78, 5) is 36.2. The normalized spacial score (nSPS) is 18.0. The minimum atomic E-state index is -0.756. The summed E-state index contributed by atoms with van der Waals surface area (Å²) in [6.07, 6.45) is 0. The number of anilines is 1. The summed E-state index contributed by atoms with van der Waals surface area (Å²) < 4.78 is 4.74. The summed E-state index contributed by atoms with van der Waals surface area (Å²) in [7, 11) is 0. The van der Waals surface area contributed by atoms with Gasteiger partial charge < -0.3 is 10.1 Å². The number of nitrogens with zero attached hydrogens (tertiary/aromatic N) is 1. The van der Waals surface area contributed by atoms with Gasteiger partial charge >= 0.3 is 5.97 Å². The summed E-state index contributed by atoms with van der Waals surface area (Å²) in [5.74, 6) is -1.07. The molecule has 2 amide bonds. The number of halogens is 1. The van der Waals surface area contributed by atoms with E-state index in [1.165, 1.54) is 0 Å². The van der Waals surface area contributed by atoms with Crippen molar-refractivity contribution in [3.63, 3.8) is 0 Å². The van der Waals surface area contributed by atoms with Crippen LogP contribution in [0, 0.1) is 0 Å². The Morgan fingerprint density at radius 3 is 2.67 bits per heavy atom. The van der Waals surface area contributed by atoms with Gasteiger partial charge in [0.2, 0.25) is 0 Å². The summed E-state index contributed by atoms with van der Waals surface area (Å²) in [5, 5.41) is 2.27. The molecule has 0 spiro atoms. The van der Waals surface area contributed by atoms with E-state index in [0.29, 0.717) is 10.7 Å². The predicted molar refractivity (Wildman–Crippen MR) is 80.2 cm³/mol. The molecular weight excluding hydrogens is 316 g/mol. The zero-order valence-electron chi connectivity index (χ0n) is 11.2. The molecule has 0 radical (unpaired) electrons. The average Bonchev–Trinajstić information content (AvgIpc) is 2.69. The maximum atomic E-state index is 12.1. The average molecular weight is 329 g/mol. The first-order chi connectivity index (χ1) is 10.0. The van der Waals surface area contributed by atoms with Gasteiger partial charge in [0.05, 0.1) is 6.61 Å². The highest BCUT2D eigenvalue weighted by Gasteiger charge is 2.40. The molecule has 0 aliphatic carbocycles. The third-order valence-electron chi connectivity index (χ3n) is 2.66. The van der Waals surface area contributed by atoms with Gasteiger partial charge in [-0.3, -0.25) is 19.3 Å². The smallest absolute Gasteiger partial charge is 0.326 e. The van der Waals surface area contributed by atoms with Crippen LogP contribution < -0.4 is 5.32 Å². The number of amides is 2. The molecule has 1 aromatic carbocycles. The SMILES string of the molecule is CCOC(=O)CN1C(=O)S[C@@H](Nc2ccc(Cl)cc2)C1=O. The number of hydrogen-bond donors (Lipinski definition) is 1. The summed E-state index contributed by atoms with van der Waals surface area (Å²) >= 11 is 6.60. The molecule has 0 bridgehead atoms. The van der Waals surface area contributed by atoms with E-state index in [0.717, 1.165) is 16.7 Å². The third kappa shape index (κ3) is 3.89. The molecule has 0 aromatic heterocycles. The molecule has 112 valence electrons. The highest BCUT2D eigenvalue weighted by Crippen LogP contribution is 2.28. The van der Waals surface area contributed by atoms with Gasteiger partial charge in [0.15, 0.2) is 5.37 Å². The van der Waals surface area contributed by atoms with Gasteiger partial charge in [-0.05, 0) is 43.0 Å². The highest BCUT2D eigenvalue weighted by molar-refractivity contribution is 8.15. The second-order valence-corrected chi connectivity index (χ2v) is 5.64. The Kier molecular flexibility index (Phi) is 5.08. The van der Waals surface area contributed by atoms with Crippen LogP contribution in [0.1, 0.15) is 6.92 Å². The lowest BCUT2D eigenvalue weighted by Crippen LogP contribution is -2.38. The number of benzene rings is 1. The van der Waals surface area contributed by atoms with Crippen LogP contribution in [-0.2, 0) is 14.3 Å². The first kappa shape index (κ1) is 15.7. The molecule has 1 saturated heterocycles. The van der Waals surface area contributed by atoms with Crippen molar-refractivity contribution >= 4 is 46.2 Å². The molecule has 2 rings (SSSR count). The van der Waals surface area contributed by atoms with Crippen LogP contribution in [0.2, 0.25) is 5.02 Å². The number of carbonyl (C=O) groups excluding carboxylic acids is 3. The molecule has 1 aliphatic rings. The summed E-state index contributed by atoms with van der Waals surface area (Å²) in [5.41, 5.74) is 0.663. The number of carbonyl (C=O) groups is 3. The zero-order chi connectivity index (χ0) is 15.4. The van der Waals surface area contributed by atoms with E-state index in [4.69, 9.17) is 16.3 Å². The van der Waals surface area contributed by atoms with Crippen LogP contribution >= 0.6 is 23.4 Å². The number of imide groups is 1.